The Morgan fingerprint density at radius 3 is 2.74 bits per heavy atom. The van der Waals surface area contributed by atoms with Gasteiger partial charge in [-0.3, -0.25) is 9.69 Å². The predicted molar refractivity (Wildman–Crippen MR) is 84.2 cm³/mol. The Morgan fingerprint density at radius 2 is 2.04 bits per heavy atom. The van der Waals surface area contributed by atoms with E-state index in [0.29, 0.717) is 18.7 Å². The molecule has 1 fully saturated rings. The molecule has 1 heterocycles. The third kappa shape index (κ3) is 2.90. The molecule has 1 aromatic carbocycles. The van der Waals surface area contributed by atoms with Crippen molar-refractivity contribution >= 4 is 17.7 Å². The normalized spacial score (nSPS) is 18.2. The summed E-state index contributed by atoms with van der Waals surface area (Å²) < 4.78 is 14.3. The van der Waals surface area contributed by atoms with E-state index in [1.54, 1.807) is 6.07 Å². The second-order valence-corrected chi connectivity index (χ2v) is 6.44. The summed E-state index contributed by atoms with van der Waals surface area (Å²) in [5.41, 5.74) is 1.22. The van der Waals surface area contributed by atoms with Crippen molar-refractivity contribution in [3.8, 4) is 0 Å². The minimum absolute atomic E-state index is 0.00909. The average molecular weight is 320 g/mol. The first kappa shape index (κ1) is 15.8. The van der Waals surface area contributed by atoms with E-state index in [-0.39, 0.29) is 30.2 Å². The van der Waals surface area contributed by atoms with E-state index in [9.17, 15) is 14.0 Å². The highest BCUT2D eigenvalue weighted by Gasteiger charge is 2.47. The standard InChI is InChI=1S/C17H21FN2O3/c18-13-6-3-5-12-15(13)20(11-17(12)8-1-2-9-17)16(23)19-10-4-7-14(21)22/h3,5-6H,1-2,4,7-11H2,(H,19,23)(H,21,22). The molecule has 0 aromatic heterocycles. The summed E-state index contributed by atoms with van der Waals surface area (Å²) in [5.74, 6) is -1.26. The summed E-state index contributed by atoms with van der Waals surface area (Å²) in [7, 11) is 0. The molecule has 2 amide bonds. The highest BCUT2D eigenvalue weighted by Crippen LogP contribution is 2.51. The first-order valence-corrected chi connectivity index (χ1v) is 8.10. The fourth-order valence-electron chi connectivity index (χ4n) is 3.87. The number of benzene rings is 1. The van der Waals surface area contributed by atoms with Gasteiger partial charge in [0.15, 0.2) is 0 Å². The molecule has 5 nitrogen and oxygen atoms in total. The van der Waals surface area contributed by atoms with E-state index >= 15 is 0 Å². The van der Waals surface area contributed by atoms with Crippen molar-refractivity contribution in [1.82, 2.24) is 5.32 Å². The molecule has 6 heteroatoms. The Balaban J connectivity index is 1.76. The summed E-state index contributed by atoms with van der Waals surface area (Å²) in [4.78, 5) is 24.4. The van der Waals surface area contributed by atoms with E-state index in [0.717, 1.165) is 31.2 Å². The van der Waals surface area contributed by atoms with Gasteiger partial charge in [-0.05, 0) is 30.9 Å². The minimum Gasteiger partial charge on any atom is -0.481 e. The number of carboxylic acids is 1. The molecule has 1 aliphatic carbocycles. The lowest BCUT2D eigenvalue weighted by atomic mass is 9.81. The number of carbonyl (C=O) groups is 2. The molecule has 0 bridgehead atoms. The second kappa shape index (κ2) is 6.18. The fraction of sp³-hybridized carbons (Fsp3) is 0.529. The Kier molecular flexibility index (Phi) is 4.24. The number of carbonyl (C=O) groups excluding carboxylic acids is 1. The lowest BCUT2D eigenvalue weighted by molar-refractivity contribution is -0.137. The third-order valence-corrected chi connectivity index (χ3v) is 4.94. The van der Waals surface area contributed by atoms with Crippen LogP contribution in [0.25, 0.3) is 0 Å². The smallest absolute Gasteiger partial charge is 0.322 e. The van der Waals surface area contributed by atoms with Gasteiger partial charge in [0.2, 0.25) is 0 Å². The van der Waals surface area contributed by atoms with Crippen LogP contribution in [-0.4, -0.2) is 30.2 Å². The number of halogens is 1. The molecule has 0 atom stereocenters. The molecule has 1 aliphatic heterocycles. The number of nitrogens with one attached hydrogen (secondary N) is 1. The van der Waals surface area contributed by atoms with Gasteiger partial charge in [0.1, 0.15) is 5.82 Å². The number of anilines is 1. The van der Waals surface area contributed by atoms with Crippen molar-refractivity contribution in [2.75, 3.05) is 18.0 Å². The van der Waals surface area contributed by atoms with Crippen LogP contribution in [0.3, 0.4) is 0 Å². The lowest BCUT2D eigenvalue weighted by Gasteiger charge is -2.24. The number of rotatable bonds is 4. The molecule has 0 unspecified atom stereocenters. The van der Waals surface area contributed by atoms with Crippen LogP contribution in [0.15, 0.2) is 18.2 Å². The van der Waals surface area contributed by atoms with Crippen molar-refractivity contribution < 1.29 is 19.1 Å². The maximum atomic E-state index is 14.3. The number of nitrogens with zero attached hydrogens (tertiary/aromatic N) is 1. The zero-order valence-electron chi connectivity index (χ0n) is 13.0. The van der Waals surface area contributed by atoms with Crippen LogP contribution in [0.5, 0.6) is 0 Å². The predicted octanol–water partition coefficient (Wildman–Crippen LogP) is 3.03. The SMILES string of the molecule is O=C(O)CCCNC(=O)N1CC2(CCCC2)c2cccc(F)c21. The summed E-state index contributed by atoms with van der Waals surface area (Å²) in [6, 6.07) is 4.69. The van der Waals surface area contributed by atoms with Gasteiger partial charge < -0.3 is 10.4 Å². The van der Waals surface area contributed by atoms with Gasteiger partial charge in [0.05, 0.1) is 5.69 Å². The van der Waals surface area contributed by atoms with Crippen LogP contribution >= 0.6 is 0 Å². The van der Waals surface area contributed by atoms with Gasteiger partial charge in [0, 0.05) is 24.9 Å². The van der Waals surface area contributed by atoms with Crippen LogP contribution in [0.1, 0.15) is 44.1 Å². The lowest BCUT2D eigenvalue weighted by Crippen LogP contribution is -2.42. The van der Waals surface area contributed by atoms with Crippen LogP contribution in [-0.2, 0) is 10.2 Å². The number of urea groups is 1. The maximum absolute atomic E-state index is 14.3. The molecule has 2 N–H and O–H groups in total. The van der Waals surface area contributed by atoms with E-state index in [2.05, 4.69) is 5.32 Å². The molecule has 1 aromatic rings. The van der Waals surface area contributed by atoms with Gasteiger partial charge in [-0.25, -0.2) is 9.18 Å². The fourth-order valence-corrected chi connectivity index (χ4v) is 3.87. The Labute approximate surface area is 134 Å². The van der Waals surface area contributed by atoms with Crippen molar-refractivity contribution in [2.45, 2.75) is 43.9 Å². The first-order chi connectivity index (χ1) is 11.0. The highest BCUT2D eigenvalue weighted by molar-refractivity contribution is 5.95. The van der Waals surface area contributed by atoms with Crippen molar-refractivity contribution in [3.05, 3.63) is 29.6 Å². The number of aliphatic carboxylic acids is 1. The summed E-state index contributed by atoms with van der Waals surface area (Å²) in [6.45, 7) is 0.784. The highest BCUT2D eigenvalue weighted by atomic mass is 19.1. The Morgan fingerprint density at radius 1 is 1.30 bits per heavy atom. The average Bonchev–Trinajstić information content (AvgIpc) is 3.11. The van der Waals surface area contributed by atoms with Gasteiger partial charge in [-0.1, -0.05) is 25.0 Å². The van der Waals surface area contributed by atoms with Crippen molar-refractivity contribution in [1.29, 1.82) is 0 Å². The van der Waals surface area contributed by atoms with Gasteiger partial charge in [0.25, 0.3) is 0 Å². The molecule has 124 valence electrons. The molecule has 0 saturated heterocycles. The quantitative estimate of drug-likeness (QED) is 0.838. The summed E-state index contributed by atoms with van der Waals surface area (Å²) in [5, 5.41) is 11.3. The van der Waals surface area contributed by atoms with Gasteiger partial charge in [-0.2, -0.15) is 0 Å². The number of para-hydroxylation sites is 1. The van der Waals surface area contributed by atoms with Gasteiger partial charge >= 0.3 is 12.0 Å². The monoisotopic (exact) mass is 320 g/mol. The van der Waals surface area contributed by atoms with E-state index in [1.165, 1.54) is 11.0 Å². The van der Waals surface area contributed by atoms with Crippen LogP contribution < -0.4 is 10.2 Å². The molecular weight excluding hydrogens is 299 g/mol. The van der Waals surface area contributed by atoms with E-state index < -0.39 is 5.97 Å². The molecular formula is C17H21FN2O3. The molecule has 3 rings (SSSR count). The van der Waals surface area contributed by atoms with E-state index in [1.807, 2.05) is 6.07 Å². The number of amides is 2. The Bertz CT molecular complexity index is 626. The van der Waals surface area contributed by atoms with Gasteiger partial charge in [-0.15, -0.1) is 0 Å². The largest absolute Gasteiger partial charge is 0.481 e. The molecule has 0 radical (unpaired) electrons. The molecule has 1 spiro atoms. The molecule has 1 saturated carbocycles. The van der Waals surface area contributed by atoms with Crippen LogP contribution in [0.2, 0.25) is 0 Å². The van der Waals surface area contributed by atoms with Crippen molar-refractivity contribution in [2.24, 2.45) is 0 Å². The van der Waals surface area contributed by atoms with E-state index in [4.69, 9.17) is 5.11 Å². The topological polar surface area (TPSA) is 69.6 Å². The maximum Gasteiger partial charge on any atom is 0.322 e. The molecule has 2 aliphatic rings. The summed E-state index contributed by atoms with van der Waals surface area (Å²) in [6.07, 6.45) is 4.53. The zero-order chi connectivity index (χ0) is 16.4. The summed E-state index contributed by atoms with van der Waals surface area (Å²) >= 11 is 0. The van der Waals surface area contributed by atoms with Crippen LogP contribution in [0.4, 0.5) is 14.9 Å². The number of carboxylic acid groups (broad SMARTS) is 1. The first-order valence-electron chi connectivity index (χ1n) is 8.10. The van der Waals surface area contributed by atoms with Crippen LogP contribution in [0, 0.1) is 5.82 Å². The third-order valence-electron chi connectivity index (χ3n) is 4.94. The molecule has 23 heavy (non-hydrogen) atoms. The zero-order valence-corrected chi connectivity index (χ0v) is 13.0. The number of hydrogen-bond donors (Lipinski definition) is 2. The number of hydrogen-bond acceptors (Lipinski definition) is 2. The number of fused-ring (bicyclic) bond motifs is 2. The second-order valence-electron chi connectivity index (χ2n) is 6.44. The Hall–Kier alpha value is -2.11. The minimum atomic E-state index is -0.887. The van der Waals surface area contributed by atoms with Crippen molar-refractivity contribution in [3.63, 3.8) is 0 Å².